The van der Waals surface area contributed by atoms with E-state index < -0.39 is 0 Å². The van der Waals surface area contributed by atoms with Gasteiger partial charge in [-0.2, -0.15) is 0 Å². The van der Waals surface area contributed by atoms with Gasteiger partial charge in [-0.3, -0.25) is 0 Å². The summed E-state index contributed by atoms with van der Waals surface area (Å²) in [7, 11) is 0. The van der Waals surface area contributed by atoms with Crippen LogP contribution in [0.15, 0.2) is 36.7 Å². The van der Waals surface area contributed by atoms with Gasteiger partial charge >= 0.3 is 0 Å². The number of benzene rings is 2. The van der Waals surface area contributed by atoms with Gasteiger partial charge in [-0.15, -0.1) is 0 Å². The Balaban J connectivity index is 1.50. The highest BCUT2D eigenvalue weighted by Crippen LogP contribution is 2.27. The van der Waals surface area contributed by atoms with Crippen molar-refractivity contribution in [3.63, 3.8) is 0 Å². The molecule has 0 aliphatic heterocycles. The molecule has 1 atom stereocenters. The molecular weight excluding hydrogens is 296 g/mol. The number of hydrogen-bond donors (Lipinski definition) is 1. The number of hydrogen-bond acceptors (Lipinski definition) is 2. The molecule has 3 nitrogen and oxygen atoms in total. The summed E-state index contributed by atoms with van der Waals surface area (Å²) < 4.78 is 2.26. The minimum absolute atomic E-state index is 0.198. The van der Waals surface area contributed by atoms with E-state index in [4.69, 9.17) is 0 Å². The van der Waals surface area contributed by atoms with Crippen LogP contribution in [0, 0.1) is 0 Å². The van der Waals surface area contributed by atoms with Crippen LogP contribution in [0.2, 0.25) is 0 Å². The molecule has 1 aromatic heterocycles. The van der Waals surface area contributed by atoms with Crippen molar-refractivity contribution in [3.8, 4) is 0 Å². The van der Waals surface area contributed by atoms with Crippen LogP contribution < -0.4 is 0 Å². The summed E-state index contributed by atoms with van der Waals surface area (Å²) in [5, 5.41) is 9.84. The summed E-state index contributed by atoms with van der Waals surface area (Å²) in [4.78, 5) is 4.63. The predicted molar refractivity (Wildman–Crippen MR) is 95.3 cm³/mol. The fourth-order valence-electron chi connectivity index (χ4n) is 4.36. The zero-order valence-electron chi connectivity index (χ0n) is 13.8. The summed E-state index contributed by atoms with van der Waals surface area (Å²) >= 11 is 0. The molecule has 0 bridgehead atoms. The third kappa shape index (κ3) is 2.35. The fraction of sp³-hybridized carbons (Fsp3) is 0.381. The van der Waals surface area contributed by atoms with E-state index in [1.54, 1.807) is 0 Å². The third-order valence-corrected chi connectivity index (χ3v) is 5.62. The van der Waals surface area contributed by atoms with Gasteiger partial charge in [0.1, 0.15) is 0 Å². The molecule has 1 unspecified atom stereocenters. The van der Waals surface area contributed by atoms with Gasteiger partial charge in [0.25, 0.3) is 0 Å². The average Bonchev–Trinajstić information content (AvgIpc) is 3.15. The van der Waals surface area contributed by atoms with Gasteiger partial charge in [-0.1, -0.05) is 18.2 Å². The lowest BCUT2D eigenvalue weighted by molar-refractivity contribution is 0.187. The van der Waals surface area contributed by atoms with Crippen LogP contribution >= 0.6 is 0 Å². The van der Waals surface area contributed by atoms with Crippen molar-refractivity contribution in [1.82, 2.24) is 9.55 Å². The standard InChI is InChI=1S/C21H22N2O/c24-19-8-17-6-5-14(7-18(17)9-19)12-23-13-22-20-10-15-3-1-2-4-16(15)11-21(20)23/h5-7,10-11,13,19,24H,1-4,8-9,12H2. The monoisotopic (exact) mass is 318 g/mol. The zero-order chi connectivity index (χ0) is 16.1. The van der Waals surface area contributed by atoms with E-state index in [0.29, 0.717) is 0 Å². The van der Waals surface area contributed by atoms with Crippen molar-refractivity contribution in [2.45, 2.75) is 51.2 Å². The van der Waals surface area contributed by atoms with Crippen LogP contribution in [0.5, 0.6) is 0 Å². The predicted octanol–water partition coefficient (Wildman–Crippen LogP) is 3.42. The van der Waals surface area contributed by atoms with Crippen molar-refractivity contribution >= 4 is 11.0 Å². The number of imidazole rings is 1. The first-order valence-corrected chi connectivity index (χ1v) is 9.02. The van der Waals surface area contributed by atoms with E-state index in [1.165, 1.54) is 59.0 Å². The van der Waals surface area contributed by atoms with Gasteiger partial charge in [0.15, 0.2) is 0 Å². The lowest BCUT2D eigenvalue weighted by atomic mass is 9.91. The second-order valence-electron chi connectivity index (χ2n) is 7.35. The molecule has 0 amide bonds. The van der Waals surface area contributed by atoms with Gasteiger partial charge in [0.2, 0.25) is 0 Å². The Hall–Kier alpha value is -2.13. The summed E-state index contributed by atoms with van der Waals surface area (Å²) in [6.07, 6.45) is 8.38. The molecular formula is C21H22N2O. The van der Waals surface area contributed by atoms with E-state index in [9.17, 15) is 5.11 Å². The molecule has 2 aliphatic carbocycles. The van der Waals surface area contributed by atoms with Crippen LogP contribution in [0.4, 0.5) is 0 Å². The Bertz CT molecular complexity index is 925. The van der Waals surface area contributed by atoms with Crippen molar-refractivity contribution in [1.29, 1.82) is 0 Å². The number of nitrogens with zero attached hydrogens (tertiary/aromatic N) is 2. The smallest absolute Gasteiger partial charge is 0.0961 e. The number of rotatable bonds is 2. The highest BCUT2D eigenvalue weighted by Gasteiger charge is 2.19. The molecule has 0 spiro atoms. The molecule has 3 heteroatoms. The lowest BCUT2D eigenvalue weighted by Gasteiger charge is -2.16. The van der Waals surface area contributed by atoms with Crippen molar-refractivity contribution in [2.75, 3.05) is 0 Å². The SMILES string of the molecule is OC1Cc2ccc(Cn3cnc4cc5c(cc43)CCCC5)cc2C1. The molecule has 0 saturated heterocycles. The quantitative estimate of drug-likeness (QED) is 0.786. The molecule has 0 radical (unpaired) electrons. The molecule has 3 aromatic rings. The maximum absolute atomic E-state index is 9.84. The number of aryl methyl sites for hydroxylation is 2. The summed E-state index contributed by atoms with van der Waals surface area (Å²) in [6.45, 7) is 0.846. The molecule has 0 fully saturated rings. The van der Waals surface area contributed by atoms with E-state index in [2.05, 4.69) is 39.9 Å². The summed E-state index contributed by atoms with van der Waals surface area (Å²) in [6, 6.07) is 11.3. The third-order valence-electron chi connectivity index (χ3n) is 5.62. The first-order valence-electron chi connectivity index (χ1n) is 9.02. The number of aromatic nitrogens is 2. The van der Waals surface area contributed by atoms with Crippen LogP contribution in [0.1, 0.15) is 40.7 Å². The maximum Gasteiger partial charge on any atom is 0.0961 e. The highest BCUT2D eigenvalue weighted by atomic mass is 16.3. The van der Waals surface area contributed by atoms with Crippen molar-refractivity contribution in [2.24, 2.45) is 0 Å². The molecule has 1 N–H and O–H groups in total. The Morgan fingerprint density at radius 1 is 0.958 bits per heavy atom. The van der Waals surface area contributed by atoms with E-state index in [1.807, 2.05) is 6.33 Å². The molecule has 122 valence electrons. The van der Waals surface area contributed by atoms with Gasteiger partial charge in [-0.25, -0.2) is 4.98 Å². The van der Waals surface area contributed by atoms with Crippen LogP contribution in [0.3, 0.4) is 0 Å². The molecule has 2 aromatic carbocycles. The lowest BCUT2D eigenvalue weighted by Crippen LogP contribution is -2.04. The zero-order valence-corrected chi connectivity index (χ0v) is 13.8. The minimum Gasteiger partial charge on any atom is -0.392 e. The first-order chi connectivity index (χ1) is 11.8. The second kappa shape index (κ2) is 5.45. The van der Waals surface area contributed by atoms with Crippen LogP contribution in [-0.2, 0) is 32.2 Å². The van der Waals surface area contributed by atoms with Gasteiger partial charge in [0.05, 0.1) is 23.5 Å². The minimum atomic E-state index is -0.198. The normalized spacial score (nSPS) is 19.5. The Kier molecular flexibility index (Phi) is 3.23. The summed E-state index contributed by atoms with van der Waals surface area (Å²) in [5.74, 6) is 0. The van der Waals surface area contributed by atoms with E-state index in [0.717, 1.165) is 24.9 Å². The van der Waals surface area contributed by atoms with E-state index in [-0.39, 0.29) is 6.10 Å². The molecule has 2 aliphatic rings. The van der Waals surface area contributed by atoms with Gasteiger partial charge < -0.3 is 9.67 Å². The van der Waals surface area contributed by atoms with E-state index >= 15 is 0 Å². The Morgan fingerprint density at radius 3 is 2.62 bits per heavy atom. The van der Waals surface area contributed by atoms with Crippen LogP contribution in [-0.4, -0.2) is 20.8 Å². The first kappa shape index (κ1) is 14.2. The van der Waals surface area contributed by atoms with Gasteiger partial charge in [-0.05, 0) is 78.5 Å². The topological polar surface area (TPSA) is 38.0 Å². The molecule has 5 rings (SSSR count). The highest BCUT2D eigenvalue weighted by molar-refractivity contribution is 5.77. The second-order valence-corrected chi connectivity index (χ2v) is 7.35. The van der Waals surface area contributed by atoms with Gasteiger partial charge in [0, 0.05) is 6.54 Å². The summed E-state index contributed by atoms with van der Waals surface area (Å²) in [5.41, 5.74) is 9.26. The Labute approximate surface area is 142 Å². The number of fused-ring (bicyclic) bond motifs is 3. The number of aliphatic hydroxyl groups is 1. The molecule has 24 heavy (non-hydrogen) atoms. The molecule has 0 saturated carbocycles. The Morgan fingerprint density at radius 2 is 1.75 bits per heavy atom. The molecule has 1 heterocycles. The number of aliphatic hydroxyl groups excluding tert-OH is 1. The van der Waals surface area contributed by atoms with Crippen molar-refractivity contribution < 1.29 is 5.11 Å². The van der Waals surface area contributed by atoms with Crippen molar-refractivity contribution in [3.05, 3.63) is 64.5 Å². The average molecular weight is 318 g/mol. The van der Waals surface area contributed by atoms with Crippen LogP contribution in [0.25, 0.3) is 11.0 Å². The largest absolute Gasteiger partial charge is 0.392 e. The maximum atomic E-state index is 9.84. The fourth-order valence-corrected chi connectivity index (χ4v) is 4.36.